The van der Waals surface area contributed by atoms with Gasteiger partial charge < -0.3 is 29.2 Å². The van der Waals surface area contributed by atoms with Crippen LogP contribution in [0.1, 0.15) is 46.8 Å². The van der Waals surface area contributed by atoms with Crippen molar-refractivity contribution in [1.29, 1.82) is 0 Å². The number of nitrogens with zero attached hydrogens (tertiary/aromatic N) is 2. The van der Waals surface area contributed by atoms with Gasteiger partial charge in [0.05, 0.1) is 24.6 Å². The van der Waals surface area contributed by atoms with Crippen LogP contribution >= 0.6 is 11.6 Å². The highest BCUT2D eigenvalue weighted by atomic mass is 35.5. The molecule has 3 aromatic carbocycles. The van der Waals surface area contributed by atoms with E-state index in [1.54, 1.807) is 60.8 Å². The minimum absolute atomic E-state index is 0.0195. The average Bonchev–Trinajstić information content (AvgIpc) is 3.64. The molecule has 0 spiro atoms. The van der Waals surface area contributed by atoms with Crippen molar-refractivity contribution in [1.82, 2.24) is 9.78 Å². The summed E-state index contributed by atoms with van der Waals surface area (Å²) in [6.45, 7) is 2.72. The molecule has 0 unspecified atom stereocenters. The van der Waals surface area contributed by atoms with Gasteiger partial charge in [-0.3, -0.25) is 4.68 Å². The summed E-state index contributed by atoms with van der Waals surface area (Å²) in [5, 5.41) is 24.9. The summed E-state index contributed by atoms with van der Waals surface area (Å²) in [5.41, 5.74) is 3.20. The van der Waals surface area contributed by atoms with E-state index in [1.807, 2.05) is 4.68 Å². The van der Waals surface area contributed by atoms with Gasteiger partial charge in [-0.1, -0.05) is 43.1 Å². The fraction of sp³-hybridized carbons (Fsp3) is 0.242. The smallest absolute Gasteiger partial charge is 0.336 e. The molecule has 0 saturated heterocycles. The Morgan fingerprint density at radius 3 is 2.55 bits per heavy atom. The van der Waals surface area contributed by atoms with Crippen LogP contribution in [0.15, 0.2) is 66.4 Å². The van der Waals surface area contributed by atoms with Crippen LogP contribution < -0.4 is 18.9 Å². The molecule has 44 heavy (non-hydrogen) atoms. The predicted octanol–water partition coefficient (Wildman–Crippen LogP) is 6.73. The molecule has 0 amide bonds. The quantitative estimate of drug-likeness (QED) is 0.157. The lowest BCUT2D eigenvalue weighted by molar-refractivity contribution is -0.132. The molecule has 1 aromatic heterocycles. The van der Waals surface area contributed by atoms with Crippen molar-refractivity contribution in [3.05, 3.63) is 93.6 Å². The van der Waals surface area contributed by atoms with E-state index in [9.17, 15) is 19.8 Å². The molecule has 1 aliphatic heterocycles. The summed E-state index contributed by atoms with van der Waals surface area (Å²) in [4.78, 5) is 24.3. The van der Waals surface area contributed by atoms with Gasteiger partial charge in [0.25, 0.3) is 0 Å². The lowest BCUT2D eigenvalue weighted by Crippen LogP contribution is -2.08. The number of aliphatic carboxylic acids is 1. The Hall–Kier alpha value is -4.96. The highest BCUT2D eigenvalue weighted by Gasteiger charge is 2.23. The first kappa shape index (κ1) is 30.5. The highest BCUT2D eigenvalue weighted by Crippen LogP contribution is 2.40. The molecule has 10 nitrogen and oxygen atoms in total. The molecule has 5 rings (SSSR count). The number of carboxylic acids is 2. The molecular formula is C33H31ClN2O8. The average molecular weight is 619 g/mol. The summed E-state index contributed by atoms with van der Waals surface area (Å²) < 4.78 is 24.5. The summed E-state index contributed by atoms with van der Waals surface area (Å²) >= 11 is 6.37. The molecule has 2 heterocycles. The van der Waals surface area contributed by atoms with Crippen LogP contribution in [0.2, 0.25) is 5.02 Å². The van der Waals surface area contributed by atoms with Crippen LogP contribution in [-0.4, -0.2) is 45.8 Å². The topological polar surface area (TPSA) is 129 Å². The van der Waals surface area contributed by atoms with Gasteiger partial charge in [-0.2, -0.15) is 5.10 Å². The van der Waals surface area contributed by atoms with Crippen LogP contribution in [0.5, 0.6) is 23.0 Å². The van der Waals surface area contributed by atoms with Gasteiger partial charge >= 0.3 is 11.9 Å². The highest BCUT2D eigenvalue weighted by molar-refractivity contribution is 6.30. The molecule has 228 valence electrons. The number of aryl methyl sites for hydroxylation is 1. The van der Waals surface area contributed by atoms with Crippen molar-refractivity contribution in [2.24, 2.45) is 0 Å². The second kappa shape index (κ2) is 13.6. The fourth-order valence-electron chi connectivity index (χ4n) is 4.97. The molecule has 0 fully saturated rings. The van der Waals surface area contributed by atoms with Crippen molar-refractivity contribution in [3.63, 3.8) is 0 Å². The number of hydrogen-bond donors (Lipinski definition) is 2. The third-order valence-corrected chi connectivity index (χ3v) is 7.42. The number of ether oxygens (including phenoxy) is 4. The monoisotopic (exact) mass is 618 g/mol. The lowest BCUT2D eigenvalue weighted by atomic mass is 9.99. The molecule has 0 bridgehead atoms. The number of carboxylic acid groups (broad SMARTS) is 2. The van der Waals surface area contributed by atoms with Crippen molar-refractivity contribution >= 4 is 29.6 Å². The second-order valence-corrected chi connectivity index (χ2v) is 10.5. The Bertz CT molecular complexity index is 1730. The van der Waals surface area contributed by atoms with Crippen LogP contribution in [0.3, 0.4) is 0 Å². The number of carbonyl (C=O) groups is 2. The normalized spacial score (nSPS) is 12.3. The van der Waals surface area contributed by atoms with E-state index in [1.165, 1.54) is 13.2 Å². The summed E-state index contributed by atoms with van der Waals surface area (Å²) in [5.74, 6) is -0.218. The van der Waals surface area contributed by atoms with E-state index < -0.39 is 11.9 Å². The fourth-order valence-corrected chi connectivity index (χ4v) is 5.14. The minimum atomic E-state index is -1.10. The Morgan fingerprint density at radius 2 is 1.82 bits per heavy atom. The zero-order valence-electron chi connectivity index (χ0n) is 24.2. The second-order valence-electron chi connectivity index (χ2n) is 10.1. The van der Waals surface area contributed by atoms with Gasteiger partial charge in [0.1, 0.15) is 18.1 Å². The Morgan fingerprint density at radius 1 is 1.05 bits per heavy atom. The van der Waals surface area contributed by atoms with Crippen LogP contribution in [0.4, 0.5) is 0 Å². The SMILES string of the molecule is CCCCn1ncc(/C=C(\Cc2cc3c(cc2OC)OCO3)C(=O)O)c1-c1ccc(Cl)cc1OCc1ccccc1C(=O)O. The van der Waals surface area contributed by atoms with E-state index in [2.05, 4.69) is 12.0 Å². The van der Waals surface area contributed by atoms with E-state index in [0.717, 1.165) is 12.8 Å². The van der Waals surface area contributed by atoms with Gasteiger partial charge in [-0.15, -0.1) is 0 Å². The first-order valence-corrected chi connectivity index (χ1v) is 14.4. The Labute approximate surface area is 259 Å². The van der Waals surface area contributed by atoms with Crippen molar-refractivity contribution in [2.45, 2.75) is 39.3 Å². The molecular weight excluding hydrogens is 588 g/mol. The maximum Gasteiger partial charge on any atom is 0.336 e. The van der Waals surface area contributed by atoms with E-state index >= 15 is 0 Å². The van der Waals surface area contributed by atoms with Crippen LogP contribution in [0, 0.1) is 0 Å². The number of aromatic nitrogens is 2. The molecule has 11 heteroatoms. The Balaban J connectivity index is 1.56. The zero-order chi connectivity index (χ0) is 31.2. The van der Waals surface area contributed by atoms with Crippen molar-refractivity contribution < 1.29 is 38.7 Å². The maximum atomic E-state index is 12.5. The molecule has 0 radical (unpaired) electrons. The third kappa shape index (κ3) is 6.65. The third-order valence-electron chi connectivity index (χ3n) is 7.18. The molecule has 0 atom stereocenters. The van der Waals surface area contributed by atoms with E-state index in [4.69, 9.17) is 30.5 Å². The number of benzene rings is 3. The minimum Gasteiger partial charge on any atom is -0.496 e. The number of halogens is 1. The summed E-state index contributed by atoms with van der Waals surface area (Å²) in [6.07, 6.45) is 5.03. The number of hydrogen-bond acceptors (Lipinski definition) is 7. The van der Waals surface area contributed by atoms with Crippen molar-refractivity contribution in [3.8, 4) is 34.3 Å². The zero-order valence-corrected chi connectivity index (χ0v) is 25.0. The standard InChI is InChI=1S/C33H31ClN2O8/c1-3-4-11-36-31(26-10-9-24(34)15-28(26)42-18-20-7-5-6-8-25(20)33(39)40)23(17-35-36)13-22(32(37)38)12-21-14-29-30(44-19-43-29)16-27(21)41-2/h5-10,13-17H,3-4,11-12,18-19H2,1-2H3,(H,37,38)(H,39,40)/b22-13+. The number of fused-ring (bicyclic) bond motifs is 1. The van der Waals surface area contributed by atoms with Gasteiger partial charge in [0, 0.05) is 51.9 Å². The van der Waals surface area contributed by atoms with E-state index in [0.29, 0.717) is 62.5 Å². The number of rotatable bonds is 13. The molecule has 2 N–H and O–H groups in total. The van der Waals surface area contributed by atoms with Gasteiger partial charge in [0.2, 0.25) is 6.79 Å². The number of aromatic carboxylic acids is 1. The van der Waals surface area contributed by atoms with Gasteiger partial charge in [-0.25, -0.2) is 9.59 Å². The summed E-state index contributed by atoms with van der Waals surface area (Å²) in [6, 6.07) is 15.2. The molecule has 1 aliphatic rings. The van der Waals surface area contributed by atoms with Gasteiger partial charge in [-0.05, 0) is 42.8 Å². The molecule has 4 aromatic rings. The Kier molecular flexibility index (Phi) is 9.40. The molecule has 0 saturated carbocycles. The van der Waals surface area contributed by atoms with Crippen LogP contribution in [0.25, 0.3) is 17.3 Å². The lowest BCUT2D eigenvalue weighted by Gasteiger charge is -2.16. The first-order valence-electron chi connectivity index (χ1n) is 14.0. The van der Waals surface area contributed by atoms with E-state index in [-0.39, 0.29) is 31.0 Å². The van der Waals surface area contributed by atoms with Crippen molar-refractivity contribution in [2.75, 3.05) is 13.9 Å². The van der Waals surface area contributed by atoms with Gasteiger partial charge in [0.15, 0.2) is 11.5 Å². The maximum absolute atomic E-state index is 12.5. The molecule has 0 aliphatic carbocycles. The largest absolute Gasteiger partial charge is 0.496 e. The summed E-state index contributed by atoms with van der Waals surface area (Å²) in [7, 11) is 1.51. The predicted molar refractivity (Wildman–Crippen MR) is 164 cm³/mol. The number of methoxy groups -OCH3 is 1. The first-order chi connectivity index (χ1) is 21.3. The van der Waals surface area contributed by atoms with Crippen LogP contribution in [-0.2, 0) is 24.4 Å². The number of unbranched alkanes of at least 4 members (excludes halogenated alkanes) is 1.